The van der Waals surface area contributed by atoms with Crippen LogP contribution in [0.25, 0.3) is 0 Å². The van der Waals surface area contributed by atoms with E-state index in [4.69, 9.17) is 5.73 Å². The van der Waals surface area contributed by atoms with Crippen LogP contribution in [0.3, 0.4) is 0 Å². The van der Waals surface area contributed by atoms with Gasteiger partial charge in [0.25, 0.3) is 0 Å². The molecule has 1 fully saturated rings. The van der Waals surface area contributed by atoms with Crippen LogP contribution in [0, 0.1) is 0 Å². The first-order valence-electron chi connectivity index (χ1n) is 6.78. The predicted molar refractivity (Wildman–Crippen MR) is 73.1 cm³/mol. The zero-order valence-electron chi connectivity index (χ0n) is 10.8. The number of benzene rings is 1. The van der Waals surface area contributed by atoms with Gasteiger partial charge in [0.2, 0.25) is 0 Å². The van der Waals surface area contributed by atoms with Gasteiger partial charge >= 0.3 is 0 Å². The lowest BCUT2D eigenvalue weighted by atomic mass is 9.97. The van der Waals surface area contributed by atoms with Gasteiger partial charge in [0, 0.05) is 12.6 Å². The minimum absolute atomic E-state index is 0.399. The lowest BCUT2D eigenvalue weighted by molar-refractivity contribution is 0.203. The number of piperidine rings is 1. The first kappa shape index (κ1) is 12.6. The fourth-order valence-electron chi connectivity index (χ4n) is 2.62. The molecule has 1 aromatic rings. The van der Waals surface area contributed by atoms with Gasteiger partial charge in [-0.2, -0.15) is 0 Å². The van der Waals surface area contributed by atoms with Crippen LogP contribution in [0.5, 0.6) is 0 Å². The third kappa shape index (κ3) is 3.83. The van der Waals surface area contributed by atoms with Crippen molar-refractivity contribution in [3.05, 3.63) is 35.9 Å². The highest BCUT2D eigenvalue weighted by atomic mass is 15.1. The van der Waals surface area contributed by atoms with Gasteiger partial charge in [0.05, 0.1) is 0 Å². The summed E-state index contributed by atoms with van der Waals surface area (Å²) in [5.41, 5.74) is 7.45. The molecule has 1 aliphatic rings. The highest BCUT2D eigenvalue weighted by Crippen LogP contribution is 2.19. The Morgan fingerprint density at radius 3 is 2.82 bits per heavy atom. The van der Waals surface area contributed by atoms with Crippen molar-refractivity contribution in [2.24, 2.45) is 5.73 Å². The van der Waals surface area contributed by atoms with E-state index >= 15 is 0 Å². The topological polar surface area (TPSA) is 29.3 Å². The molecule has 0 bridgehead atoms. The van der Waals surface area contributed by atoms with Gasteiger partial charge in [-0.25, -0.2) is 0 Å². The Balaban J connectivity index is 1.78. The van der Waals surface area contributed by atoms with Crippen molar-refractivity contribution < 1.29 is 0 Å². The van der Waals surface area contributed by atoms with E-state index in [9.17, 15) is 0 Å². The lowest BCUT2D eigenvalue weighted by Gasteiger charge is -2.31. The number of nitrogens with zero attached hydrogens (tertiary/aromatic N) is 1. The molecule has 2 atom stereocenters. The normalized spacial score (nSPS) is 23.5. The molecule has 0 amide bonds. The Morgan fingerprint density at radius 2 is 2.12 bits per heavy atom. The van der Waals surface area contributed by atoms with Gasteiger partial charge in [0.1, 0.15) is 0 Å². The smallest absolute Gasteiger partial charge is 0.0168 e. The molecule has 0 spiro atoms. The number of hydrogen-bond donors (Lipinski definition) is 1. The van der Waals surface area contributed by atoms with Crippen molar-refractivity contribution in [2.75, 3.05) is 19.6 Å². The lowest BCUT2D eigenvalue weighted by Crippen LogP contribution is -2.43. The molecule has 1 aliphatic heterocycles. The van der Waals surface area contributed by atoms with Crippen molar-refractivity contribution in [2.45, 2.75) is 38.1 Å². The van der Waals surface area contributed by atoms with Crippen molar-refractivity contribution in [3.8, 4) is 0 Å². The van der Waals surface area contributed by atoms with Crippen molar-refractivity contribution in [1.29, 1.82) is 0 Å². The van der Waals surface area contributed by atoms with E-state index in [0.29, 0.717) is 12.0 Å². The van der Waals surface area contributed by atoms with Crippen LogP contribution in [-0.4, -0.2) is 30.6 Å². The van der Waals surface area contributed by atoms with Gasteiger partial charge in [-0.3, -0.25) is 0 Å². The van der Waals surface area contributed by atoms with Crippen LogP contribution in [0.1, 0.15) is 37.7 Å². The third-order valence-electron chi connectivity index (χ3n) is 3.79. The monoisotopic (exact) mass is 232 g/mol. The molecule has 2 nitrogen and oxygen atoms in total. The summed E-state index contributed by atoms with van der Waals surface area (Å²) in [6.07, 6.45) is 3.70. The summed E-state index contributed by atoms with van der Waals surface area (Å²) in [6, 6.07) is 11.2. The molecule has 17 heavy (non-hydrogen) atoms. The van der Waals surface area contributed by atoms with Gasteiger partial charge in [-0.15, -0.1) is 0 Å². The molecule has 0 aromatic heterocycles. The van der Waals surface area contributed by atoms with Gasteiger partial charge in [0.15, 0.2) is 0 Å². The maximum Gasteiger partial charge on any atom is 0.0168 e. The van der Waals surface area contributed by atoms with Crippen molar-refractivity contribution in [3.63, 3.8) is 0 Å². The predicted octanol–water partition coefficient (Wildman–Crippen LogP) is 2.60. The van der Waals surface area contributed by atoms with E-state index in [2.05, 4.69) is 42.2 Å². The Labute approximate surface area is 105 Å². The van der Waals surface area contributed by atoms with E-state index in [0.717, 1.165) is 6.54 Å². The largest absolute Gasteiger partial charge is 0.327 e. The number of hydrogen-bond acceptors (Lipinski definition) is 2. The standard InChI is InChI=1S/C15H24N2/c1-13(14-6-3-2-4-7-14)9-11-17-10-5-8-15(16)12-17/h2-4,6-7,13,15H,5,8-12,16H2,1H3/t13-,15-/m0/s1. The van der Waals surface area contributed by atoms with E-state index in [-0.39, 0.29) is 0 Å². The van der Waals surface area contributed by atoms with Crippen LogP contribution < -0.4 is 5.73 Å². The zero-order chi connectivity index (χ0) is 12.1. The van der Waals surface area contributed by atoms with Crippen LogP contribution in [-0.2, 0) is 0 Å². The fraction of sp³-hybridized carbons (Fsp3) is 0.600. The minimum Gasteiger partial charge on any atom is -0.327 e. The number of likely N-dealkylation sites (tertiary alicyclic amines) is 1. The van der Waals surface area contributed by atoms with E-state index in [1.807, 2.05) is 0 Å². The molecule has 0 radical (unpaired) electrons. The summed E-state index contributed by atoms with van der Waals surface area (Å²) >= 11 is 0. The molecular formula is C15H24N2. The second-order valence-corrected chi connectivity index (χ2v) is 5.30. The molecule has 0 unspecified atom stereocenters. The van der Waals surface area contributed by atoms with Crippen molar-refractivity contribution >= 4 is 0 Å². The van der Waals surface area contributed by atoms with E-state index in [1.54, 1.807) is 0 Å². The Bertz CT molecular complexity index is 323. The summed E-state index contributed by atoms with van der Waals surface area (Å²) in [7, 11) is 0. The third-order valence-corrected chi connectivity index (χ3v) is 3.79. The molecule has 1 aromatic carbocycles. The highest BCUT2D eigenvalue weighted by Gasteiger charge is 2.17. The molecule has 0 saturated carbocycles. The maximum atomic E-state index is 6.00. The van der Waals surface area contributed by atoms with E-state index in [1.165, 1.54) is 37.9 Å². The minimum atomic E-state index is 0.399. The van der Waals surface area contributed by atoms with Gasteiger partial charge in [-0.1, -0.05) is 37.3 Å². The van der Waals surface area contributed by atoms with Crippen LogP contribution in [0.15, 0.2) is 30.3 Å². The summed E-state index contributed by atoms with van der Waals surface area (Å²) in [5, 5.41) is 0. The second kappa shape index (κ2) is 6.18. The molecule has 94 valence electrons. The summed E-state index contributed by atoms with van der Waals surface area (Å²) in [5.74, 6) is 0.648. The Kier molecular flexibility index (Phi) is 4.57. The number of rotatable bonds is 4. The molecular weight excluding hydrogens is 208 g/mol. The quantitative estimate of drug-likeness (QED) is 0.864. The molecule has 2 heteroatoms. The van der Waals surface area contributed by atoms with Crippen molar-refractivity contribution in [1.82, 2.24) is 4.90 Å². The van der Waals surface area contributed by atoms with Crippen LogP contribution in [0.2, 0.25) is 0 Å². The molecule has 2 N–H and O–H groups in total. The van der Waals surface area contributed by atoms with Crippen LogP contribution in [0.4, 0.5) is 0 Å². The maximum absolute atomic E-state index is 6.00. The summed E-state index contributed by atoms with van der Waals surface area (Å²) in [6.45, 7) is 5.82. The van der Waals surface area contributed by atoms with E-state index < -0.39 is 0 Å². The SMILES string of the molecule is C[C@@H](CCN1CCC[C@H](N)C1)c1ccccc1. The first-order valence-corrected chi connectivity index (χ1v) is 6.78. The molecule has 1 saturated heterocycles. The second-order valence-electron chi connectivity index (χ2n) is 5.30. The average molecular weight is 232 g/mol. The number of nitrogens with two attached hydrogens (primary N) is 1. The summed E-state index contributed by atoms with van der Waals surface area (Å²) in [4.78, 5) is 2.52. The van der Waals surface area contributed by atoms with Gasteiger partial charge < -0.3 is 10.6 Å². The first-order chi connectivity index (χ1) is 8.25. The Morgan fingerprint density at radius 1 is 1.35 bits per heavy atom. The Hall–Kier alpha value is -0.860. The fourth-order valence-corrected chi connectivity index (χ4v) is 2.62. The zero-order valence-corrected chi connectivity index (χ0v) is 10.8. The molecule has 1 heterocycles. The highest BCUT2D eigenvalue weighted by molar-refractivity contribution is 5.18. The molecule has 2 rings (SSSR count). The summed E-state index contributed by atoms with van der Waals surface area (Å²) < 4.78 is 0. The van der Waals surface area contributed by atoms with Crippen LogP contribution >= 0.6 is 0 Å². The van der Waals surface area contributed by atoms with Gasteiger partial charge in [-0.05, 0) is 43.8 Å². The average Bonchev–Trinajstić information content (AvgIpc) is 2.37. The molecule has 0 aliphatic carbocycles.